The van der Waals surface area contributed by atoms with E-state index in [9.17, 15) is 30.2 Å². The topological polar surface area (TPSA) is 286 Å². The van der Waals surface area contributed by atoms with Crippen LogP contribution >= 0.6 is 8.46 Å². The molecule has 0 spiro atoms. The summed E-state index contributed by atoms with van der Waals surface area (Å²) in [4.78, 5) is 47.5. The normalized spacial score (nSPS) is 29.1. The number of hydrogen-bond donors (Lipinski definition) is 0. The van der Waals surface area contributed by atoms with Gasteiger partial charge in [0, 0.05) is 17.8 Å². The van der Waals surface area contributed by atoms with Crippen LogP contribution in [0.2, 0.25) is 10.1 Å². The molecule has 0 bridgehead atoms. The molecule has 4 aliphatic heterocycles. The van der Waals surface area contributed by atoms with Crippen LogP contribution in [0.1, 0.15) is 106 Å². The van der Waals surface area contributed by atoms with Crippen LogP contribution in [0, 0.1) is 23.7 Å². The van der Waals surface area contributed by atoms with Crippen LogP contribution in [-0.4, -0.2) is 173 Å². The Hall–Kier alpha value is -7.26. The Balaban J connectivity index is 1.07. The monoisotopic (exact) mass is 1510 g/mol. The van der Waals surface area contributed by atoms with Gasteiger partial charge in [0.05, 0.1) is 31.5 Å². The molecule has 0 radical (unpaired) electrons. The first kappa shape index (κ1) is 82.2. The molecule has 9 unspecified atom stereocenters. The number of benzene rings is 6. The number of carbonyl (C=O) groups is 3. The Labute approximate surface area is 633 Å². The summed E-state index contributed by atoms with van der Waals surface area (Å²) in [6.45, 7) is 24.8. The average Bonchev–Trinajstić information content (AvgIpc) is 0.747. The van der Waals surface area contributed by atoms with E-state index in [0.29, 0.717) is 0 Å². The van der Waals surface area contributed by atoms with Crippen molar-refractivity contribution in [2.75, 3.05) is 26.4 Å². The number of nitrogens with zero attached hydrogens (tertiary/aromatic N) is 6. The number of esters is 3. The summed E-state index contributed by atoms with van der Waals surface area (Å²) in [6, 6.07) is 56.5. The molecule has 4 fully saturated rings. The zero-order valence-corrected chi connectivity index (χ0v) is 66.3. The molecule has 107 heavy (non-hydrogen) atoms. The fraction of sp³-hybridized carbons (Fsp3) is 0.506. The summed E-state index contributed by atoms with van der Waals surface area (Å²) in [7, 11) is -5.85. The summed E-state index contributed by atoms with van der Waals surface area (Å²) >= 11 is 0. The maximum absolute atomic E-state index is 14.9. The van der Waals surface area contributed by atoms with E-state index >= 15 is 0 Å². The molecule has 0 aliphatic carbocycles. The van der Waals surface area contributed by atoms with E-state index in [1.165, 1.54) is 13.8 Å². The Morgan fingerprint density at radius 1 is 0.486 bits per heavy atom. The van der Waals surface area contributed by atoms with Crippen LogP contribution in [0.5, 0.6) is 0 Å². The number of rotatable bonds is 30. The molecule has 21 atom stereocenters. The van der Waals surface area contributed by atoms with E-state index in [1.807, 2.05) is 131 Å². The summed E-state index contributed by atoms with van der Waals surface area (Å²) < 4.78 is 103. The molecular weight excluding hydrogens is 1410 g/mol. The molecule has 4 saturated heterocycles. The Bertz CT molecular complexity index is 3880. The molecule has 6 aromatic rings. The van der Waals surface area contributed by atoms with Crippen LogP contribution in [0.25, 0.3) is 20.9 Å². The predicted molar refractivity (Wildman–Crippen MR) is 414 cm³/mol. The number of ether oxygens (including phenoxy) is 11. The number of hydrogen-bond acceptors (Lipinski definition) is 19. The first-order valence-electron chi connectivity index (χ1n) is 36.9. The van der Waals surface area contributed by atoms with Gasteiger partial charge in [-0.05, 0) is 51.5 Å². The van der Waals surface area contributed by atoms with Crippen LogP contribution in [0.4, 0.5) is 0 Å². The Morgan fingerprint density at radius 3 is 1.36 bits per heavy atom. The van der Waals surface area contributed by atoms with Gasteiger partial charge in [0.1, 0.15) is 24.9 Å². The van der Waals surface area contributed by atoms with Crippen LogP contribution in [0.3, 0.4) is 0 Å². The van der Waals surface area contributed by atoms with E-state index in [2.05, 4.69) is 110 Å². The minimum atomic E-state index is -3.45. The number of carbonyl (C=O) groups excluding carboxylic acids is 3. The van der Waals surface area contributed by atoms with Crippen molar-refractivity contribution in [1.29, 1.82) is 0 Å². The summed E-state index contributed by atoms with van der Waals surface area (Å²) in [5, 5.41) is 11.9. The van der Waals surface area contributed by atoms with Gasteiger partial charge in [-0.3, -0.25) is 4.79 Å². The molecule has 6 aromatic carbocycles. The van der Waals surface area contributed by atoms with Gasteiger partial charge in [0.15, 0.2) is 6.29 Å². The van der Waals surface area contributed by atoms with E-state index in [0.717, 1.165) is 33.4 Å². The van der Waals surface area contributed by atoms with Gasteiger partial charge < -0.3 is 28.1 Å². The van der Waals surface area contributed by atoms with Gasteiger partial charge in [0.2, 0.25) is 0 Å². The van der Waals surface area contributed by atoms with Gasteiger partial charge in [-0.25, -0.2) is 0 Å². The van der Waals surface area contributed by atoms with Gasteiger partial charge in [0.25, 0.3) is 8.32 Å². The van der Waals surface area contributed by atoms with Crippen molar-refractivity contribution in [2.24, 2.45) is 33.9 Å². The van der Waals surface area contributed by atoms with E-state index in [4.69, 9.17) is 61.0 Å². The molecule has 0 saturated carbocycles. The molecular formula is C79H101B2N6O17PSi2. The SMILES string of the molecule is CC(=O)OCC1O[C@@H](O[C@@H]2C(CO[Si](c3ccccc3)(c3ccccc3)C(C)(C)C)O[C@@H](O[C@H]3C(COC(C)=O)O[C@@H](C)C(C)[C@@H]3OCc3ccccc3)C(N=[N+]=[N-])[C@H]2C)C(OC(=O)c2ccccc2)[C@@H](C)[C@@H]1O[C@@H]1OC(CO[Si](c2ccccc2)(c2ccccc2)C(C)(C)C)[C@@H](C)[C@H](PBB=O)C1N=[N+]=[N-]. The third kappa shape index (κ3) is 19.1. The Morgan fingerprint density at radius 2 is 0.888 bits per heavy atom. The van der Waals surface area contributed by atoms with Crippen LogP contribution in [-0.2, 0) is 81.9 Å². The quantitative estimate of drug-likeness (QED) is 0.00770. The van der Waals surface area contributed by atoms with E-state index in [-0.39, 0.29) is 59.2 Å². The second-order valence-electron chi connectivity index (χ2n) is 30.3. The van der Waals surface area contributed by atoms with Gasteiger partial charge >= 0.3 is 314 Å². The minimum absolute atomic E-state index is 0.0405. The molecule has 0 N–H and O–H groups in total. The van der Waals surface area contributed by atoms with E-state index in [1.54, 1.807) is 37.3 Å². The fourth-order valence-electron chi connectivity index (χ4n) is 15.7. The van der Waals surface area contributed by atoms with Gasteiger partial charge in [-0.2, -0.15) is 0 Å². The molecule has 568 valence electrons. The van der Waals surface area contributed by atoms with Crippen molar-refractivity contribution in [3.8, 4) is 0 Å². The van der Waals surface area contributed by atoms with Crippen molar-refractivity contribution in [3.63, 3.8) is 0 Å². The molecule has 0 aromatic heterocycles. The second-order valence-corrected chi connectivity index (χ2v) is 40.4. The number of azide groups is 2. The average molecular weight is 1520 g/mol. The van der Waals surface area contributed by atoms with Crippen LogP contribution < -0.4 is 20.7 Å². The summed E-state index contributed by atoms with van der Waals surface area (Å²) in [5.41, 5.74) is 21.8. The third-order valence-electron chi connectivity index (χ3n) is 21.3. The van der Waals surface area contributed by atoms with E-state index < -0.39 is 161 Å². The standard InChI is InChI=1S/C79H101B2N6O17PSi2/c1-49-53(5)97-64(46-93-55(7)89)72(70(49)94-44-56-32-20-14-21-33-56)104-75-66(84-86-82)51(3)68(65(99-75)48-96-107(79(11,12)13,60-40-28-18-29-41-60)61-42-30-19-31-43-61)103-77-71(101-74(90)57-34-22-15-23-35-57)52(4)69(63(100-77)45-92-54(6)88)102-76-67(85-87-83)73(105-81-80-91)50(2)62(98-76)47-95-106(78(8,9)10,58-36-24-16-25-37-58)59-38-26-17-27-39-59/h14-43,49-53,62-73,75-77,81,105H,44-48H2,1-13H3/t49?,50-,51-,52+,53+,62?,63?,64?,65?,66?,67?,68+,69+,70+,71?,72+,73+,75+,76+,77+/m1/s1. The predicted octanol–water partition coefficient (Wildman–Crippen LogP) is 11.5. The van der Waals surface area contributed by atoms with Crippen LogP contribution in [0.15, 0.2) is 192 Å². The van der Waals surface area contributed by atoms with Crippen molar-refractivity contribution >= 4 is 77.7 Å². The summed E-state index contributed by atoms with van der Waals surface area (Å²) in [6.07, 6.45) is -14.2. The fourth-order valence-corrected chi connectivity index (χ4v) is 26.3. The second kappa shape index (κ2) is 37.4. The van der Waals surface area contributed by atoms with Crippen molar-refractivity contribution in [1.82, 2.24) is 0 Å². The molecule has 10 rings (SSSR count). The maximum atomic E-state index is 14.9. The summed E-state index contributed by atoms with van der Waals surface area (Å²) in [5.74, 6) is -4.40. The molecule has 28 heteroatoms. The van der Waals surface area contributed by atoms with Gasteiger partial charge in [-0.1, -0.05) is 149 Å². The molecule has 4 aliphatic rings. The van der Waals surface area contributed by atoms with Crippen molar-refractivity contribution < 1.29 is 80.0 Å². The third-order valence-corrected chi connectivity index (χ3v) is 33.1. The molecule has 0 amide bonds. The first-order chi connectivity index (χ1) is 51.3. The van der Waals surface area contributed by atoms with Gasteiger partial charge in [-0.15, -0.1) is 0 Å². The zero-order chi connectivity index (χ0) is 76.6. The van der Waals surface area contributed by atoms with Crippen molar-refractivity contribution in [3.05, 3.63) is 214 Å². The zero-order valence-electron chi connectivity index (χ0n) is 63.3. The first-order valence-corrected chi connectivity index (χ1v) is 42.0. The molecule has 23 nitrogen and oxygen atoms in total. The molecule has 4 heterocycles. The Kier molecular flexibility index (Phi) is 28.8. The van der Waals surface area contributed by atoms with Crippen molar-refractivity contribution in [2.45, 2.75) is 204 Å².